The van der Waals surface area contributed by atoms with Crippen LogP contribution in [0.3, 0.4) is 0 Å². The lowest BCUT2D eigenvalue weighted by atomic mass is 10.2. The zero-order chi connectivity index (χ0) is 15.2. The van der Waals surface area contributed by atoms with Gasteiger partial charge in [-0.25, -0.2) is 0 Å². The fourth-order valence-corrected chi connectivity index (χ4v) is 1.56. The monoisotopic (exact) mass is 282 g/mol. The van der Waals surface area contributed by atoms with Gasteiger partial charge < -0.3 is 15.2 Å². The summed E-state index contributed by atoms with van der Waals surface area (Å²) in [7, 11) is 0. The number of nitrogens with zero attached hydrogens (tertiary/aromatic N) is 2. The van der Waals surface area contributed by atoms with E-state index in [-0.39, 0.29) is 5.57 Å². The van der Waals surface area contributed by atoms with Gasteiger partial charge in [-0.3, -0.25) is 4.79 Å². The summed E-state index contributed by atoms with van der Waals surface area (Å²) in [5, 5.41) is 18.1. The van der Waals surface area contributed by atoms with Crippen molar-refractivity contribution in [3.05, 3.63) is 53.4 Å². The summed E-state index contributed by atoms with van der Waals surface area (Å²) in [6.45, 7) is 3.70. The molecule has 0 atom stereocenters. The number of rotatable bonds is 4. The third-order valence-electron chi connectivity index (χ3n) is 2.67. The number of aryl methyl sites for hydroxylation is 2. The minimum atomic E-state index is -0.492. The summed E-state index contributed by atoms with van der Waals surface area (Å²) in [4.78, 5) is 12.0. The van der Waals surface area contributed by atoms with E-state index in [9.17, 15) is 4.79 Å². The average Bonchev–Trinajstić information content (AvgIpc) is 2.88. The largest absolute Gasteiger partial charge is 0.360 e. The van der Waals surface area contributed by atoms with Gasteiger partial charge in [0.1, 0.15) is 17.4 Å². The Morgan fingerprint density at radius 2 is 2.05 bits per heavy atom. The quantitative estimate of drug-likeness (QED) is 0.664. The van der Waals surface area contributed by atoms with E-state index in [0.29, 0.717) is 17.3 Å². The lowest BCUT2D eigenvalue weighted by Crippen LogP contribution is -2.14. The third kappa shape index (κ3) is 3.94. The molecule has 0 bridgehead atoms. The molecule has 0 spiro atoms. The number of nitriles is 1. The van der Waals surface area contributed by atoms with Crippen molar-refractivity contribution in [3.8, 4) is 6.07 Å². The maximum absolute atomic E-state index is 12.0. The number of amides is 1. The van der Waals surface area contributed by atoms with Crippen LogP contribution < -0.4 is 10.6 Å². The molecule has 0 radical (unpaired) electrons. The average molecular weight is 282 g/mol. The van der Waals surface area contributed by atoms with Crippen LogP contribution in [0.5, 0.6) is 0 Å². The predicted octanol–water partition coefficient (Wildman–Crippen LogP) is 2.75. The second-order valence-corrected chi connectivity index (χ2v) is 4.46. The van der Waals surface area contributed by atoms with Gasteiger partial charge in [0.05, 0.1) is 0 Å². The van der Waals surface area contributed by atoms with Crippen molar-refractivity contribution in [3.63, 3.8) is 0 Å². The molecule has 0 saturated heterocycles. The SMILES string of the molecule is Cc1ccc(NC(=O)/C(C#N)=C\Nc2cc(C)on2)cc1. The highest BCUT2D eigenvalue weighted by atomic mass is 16.5. The first-order valence-corrected chi connectivity index (χ1v) is 6.26. The van der Waals surface area contributed by atoms with Crippen molar-refractivity contribution in [1.82, 2.24) is 5.16 Å². The molecule has 0 aliphatic carbocycles. The summed E-state index contributed by atoms with van der Waals surface area (Å²) in [6, 6.07) is 10.8. The zero-order valence-corrected chi connectivity index (χ0v) is 11.7. The summed E-state index contributed by atoms with van der Waals surface area (Å²) in [5.74, 6) is 0.575. The van der Waals surface area contributed by atoms with Crippen molar-refractivity contribution in [2.75, 3.05) is 10.6 Å². The Morgan fingerprint density at radius 1 is 1.33 bits per heavy atom. The fourth-order valence-electron chi connectivity index (χ4n) is 1.56. The summed E-state index contributed by atoms with van der Waals surface area (Å²) < 4.78 is 4.87. The molecule has 6 nitrogen and oxygen atoms in total. The maximum atomic E-state index is 12.0. The van der Waals surface area contributed by atoms with E-state index < -0.39 is 5.91 Å². The Morgan fingerprint density at radius 3 is 2.62 bits per heavy atom. The van der Waals surface area contributed by atoms with Gasteiger partial charge in [0.15, 0.2) is 5.82 Å². The molecule has 106 valence electrons. The number of hydrogen-bond acceptors (Lipinski definition) is 5. The summed E-state index contributed by atoms with van der Waals surface area (Å²) >= 11 is 0. The number of carbonyl (C=O) groups excluding carboxylic acids is 1. The molecule has 21 heavy (non-hydrogen) atoms. The lowest BCUT2D eigenvalue weighted by Gasteiger charge is -2.04. The van der Waals surface area contributed by atoms with Gasteiger partial charge in [-0.05, 0) is 26.0 Å². The molecule has 2 N–H and O–H groups in total. The second kappa shape index (κ2) is 6.39. The van der Waals surface area contributed by atoms with Crippen LogP contribution in [0.1, 0.15) is 11.3 Å². The maximum Gasteiger partial charge on any atom is 0.267 e. The molecule has 1 aromatic heterocycles. The van der Waals surface area contributed by atoms with E-state index in [2.05, 4.69) is 15.8 Å². The van der Waals surface area contributed by atoms with Crippen molar-refractivity contribution < 1.29 is 9.32 Å². The van der Waals surface area contributed by atoms with E-state index in [4.69, 9.17) is 9.78 Å². The highest BCUT2D eigenvalue weighted by molar-refractivity contribution is 6.06. The van der Waals surface area contributed by atoms with E-state index in [1.807, 2.05) is 25.1 Å². The minimum Gasteiger partial charge on any atom is -0.360 e. The molecule has 1 heterocycles. The van der Waals surface area contributed by atoms with E-state index in [0.717, 1.165) is 5.56 Å². The topological polar surface area (TPSA) is 91.0 Å². The normalized spacial score (nSPS) is 10.8. The molecule has 0 fully saturated rings. The molecule has 0 aliphatic heterocycles. The summed E-state index contributed by atoms with van der Waals surface area (Å²) in [5.41, 5.74) is 1.66. The number of hydrogen-bond donors (Lipinski definition) is 2. The molecule has 0 unspecified atom stereocenters. The van der Waals surface area contributed by atoms with Crippen LogP contribution in [0, 0.1) is 25.2 Å². The molecular weight excluding hydrogens is 268 g/mol. The van der Waals surface area contributed by atoms with Gasteiger partial charge in [0, 0.05) is 18.0 Å². The Balaban J connectivity index is 2.04. The van der Waals surface area contributed by atoms with Gasteiger partial charge in [0.2, 0.25) is 0 Å². The van der Waals surface area contributed by atoms with Gasteiger partial charge in [-0.15, -0.1) is 0 Å². The molecule has 6 heteroatoms. The standard InChI is InChI=1S/C15H14N4O2/c1-10-3-5-13(6-4-10)18-15(20)12(8-16)9-17-14-7-11(2)21-19-14/h3-7,9H,1-2H3,(H,17,19)(H,18,20)/b12-9-. The Kier molecular flexibility index (Phi) is 4.36. The van der Waals surface area contributed by atoms with Crippen molar-refractivity contribution in [1.29, 1.82) is 5.26 Å². The first kappa shape index (κ1) is 14.3. The number of nitrogens with one attached hydrogen (secondary N) is 2. The van der Waals surface area contributed by atoms with Gasteiger partial charge in [0.25, 0.3) is 5.91 Å². The molecule has 2 rings (SSSR count). The molecule has 0 aliphatic rings. The van der Waals surface area contributed by atoms with Crippen molar-refractivity contribution >= 4 is 17.4 Å². The van der Waals surface area contributed by atoms with E-state index in [1.165, 1.54) is 6.20 Å². The Hall–Kier alpha value is -3.07. The molecule has 2 aromatic rings. The highest BCUT2D eigenvalue weighted by Crippen LogP contribution is 2.11. The molecule has 1 amide bonds. The van der Waals surface area contributed by atoms with Crippen LogP contribution in [-0.2, 0) is 4.79 Å². The van der Waals surface area contributed by atoms with Crippen LogP contribution in [0.2, 0.25) is 0 Å². The molecular formula is C15H14N4O2. The van der Waals surface area contributed by atoms with Gasteiger partial charge in [-0.2, -0.15) is 5.26 Å². The molecule has 1 aromatic carbocycles. The predicted molar refractivity (Wildman–Crippen MR) is 78.4 cm³/mol. The highest BCUT2D eigenvalue weighted by Gasteiger charge is 2.09. The zero-order valence-electron chi connectivity index (χ0n) is 11.7. The van der Waals surface area contributed by atoms with Gasteiger partial charge in [-0.1, -0.05) is 22.9 Å². The first-order valence-electron chi connectivity index (χ1n) is 6.26. The Bertz CT molecular complexity index is 708. The lowest BCUT2D eigenvalue weighted by molar-refractivity contribution is -0.112. The number of aromatic nitrogens is 1. The van der Waals surface area contributed by atoms with Crippen LogP contribution in [0.15, 0.2) is 46.6 Å². The second-order valence-electron chi connectivity index (χ2n) is 4.46. The smallest absolute Gasteiger partial charge is 0.267 e. The number of carbonyl (C=O) groups is 1. The Labute approximate surface area is 122 Å². The van der Waals surface area contributed by atoms with Crippen molar-refractivity contribution in [2.24, 2.45) is 0 Å². The number of benzene rings is 1. The van der Waals surface area contributed by atoms with Gasteiger partial charge >= 0.3 is 0 Å². The van der Waals surface area contributed by atoms with Crippen molar-refractivity contribution in [2.45, 2.75) is 13.8 Å². The van der Waals surface area contributed by atoms with E-state index >= 15 is 0 Å². The van der Waals surface area contributed by atoms with Crippen LogP contribution in [0.25, 0.3) is 0 Å². The van der Waals surface area contributed by atoms with Crippen LogP contribution in [0.4, 0.5) is 11.5 Å². The third-order valence-corrected chi connectivity index (χ3v) is 2.67. The fraction of sp³-hybridized carbons (Fsp3) is 0.133. The van der Waals surface area contributed by atoms with Crippen LogP contribution in [-0.4, -0.2) is 11.1 Å². The number of anilines is 2. The minimum absolute atomic E-state index is 0.0590. The van der Waals surface area contributed by atoms with E-state index in [1.54, 1.807) is 25.1 Å². The summed E-state index contributed by atoms with van der Waals surface area (Å²) in [6.07, 6.45) is 1.29. The first-order chi connectivity index (χ1) is 10.1. The van der Waals surface area contributed by atoms with Crippen LogP contribution >= 0.6 is 0 Å². The molecule has 0 saturated carbocycles.